The lowest BCUT2D eigenvalue weighted by atomic mass is 9.88. The second-order valence-corrected chi connectivity index (χ2v) is 7.73. The van der Waals surface area contributed by atoms with E-state index < -0.39 is 0 Å². The van der Waals surface area contributed by atoms with Crippen molar-refractivity contribution in [3.63, 3.8) is 0 Å². The summed E-state index contributed by atoms with van der Waals surface area (Å²) in [5.74, 6) is 0. The zero-order valence-corrected chi connectivity index (χ0v) is 15.1. The van der Waals surface area contributed by atoms with Crippen LogP contribution in [0.1, 0.15) is 42.5 Å². The van der Waals surface area contributed by atoms with Gasteiger partial charge in [-0.25, -0.2) is 0 Å². The maximum Gasteiger partial charge on any atom is 0.144 e. The van der Waals surface area contributed by atoms with Gasteiger partial charge in [0.25, 0.3) is 0 Å². The molecule has 4 unspecified atom stereocenters. The van der Waals surface area contributed by atoms with Gasteiger partial charge in [0.1, 0.15) is 18.2 Å². The Morgan fingerprint density at radius 1 is 0.917 bits per heavy atom. The summed E-state index contributed by atoms with van der Waals surface area (Å²) in [5, 5.41) is 1.55. The van der Waals surface area contributed by atoms with Gasteiger partial charge in [0.15, 0.2) is 0 Å². The highest BCUT2D eigenvalue weighted by molar-refractivity contribution is 6.30. The largest absolute Gasteiger partial charge is 0.361 e. The van der Waals surface area contributed by atoms with Crippen LogP contribution in [0.3, 0.4) is 0 Å². The predicted octanol–water partition coefficient (Wildman–Crippen LogP) is 4.24. The lowest BCUT2D eigenvalue weighted by Crippen LogP contribution is -3.18. The van der Waals surface area contributed by atoms with Crippen molar-refractivity contribution in [2.24, 2.45) is 0 Å². The van der Waals surface area contributed by atoms with Crippen molar-refractivity contribution in [2.75, 3.05) is 13.2 Å². The van der Waals surface area contributed by atoms with Crippen LogP contribution in [-0.4, -0.2) is 19.2 Å². The molecule has 0 saturated carbocycles. The third-order valence-electron chi connectivity index (χ3n) is 5.36. The van der Waals surface area contributed by atoms with Crippen molar-refractivity contribution < 1.29 is 9.64 Å². The number of hydrogen-bond donors (Lipinski definition) is 1. The molecule has 1 N–H and O–H groups in total. The molecule has 2 heterocycles. The van der Waals surface area contributed by atoms with Crippen molar-refractivity contribution in [2.45, 2.75) is 37.5 Å². The van der Waals surface area contributed by atoms with E-state index in [2.05, 4.69) is 18.2 Å². The summed E-state index contributed by atoms with van der Waals surface area (Å²) in [6.45, 7) is 2.02. The molecule has 2 saturated heterocycles. The normalized spacial score (nSPS) is 29.9. The zero-order valence-electron chi connectivity index (χ0n) is 13.6. The van der Waals surface area contributed by atoms with Gasteiger partial charge in [-0.1, -0.05) is 47.5 Å². The summed E-state index contributed by atoms with van der Waals surface area (Å²) in [7, 11) is 0. The van der Waals surface area contributed by atoms with Gasteiger partial charge in [0, 0.05) is 22.0 Å². The summed E-state index contributed by atoms with van der Waals surface area (Å²) in [6, 6.07) is 17.2. The van der Waals surface area contributed by atoms with E-state index in [1.807, 2.05) is 30.3 Å². The van der Waals surface area contributed by atoms with Gasteiger partial charge in [-0.2, -0.15) is 0 Å². The van der Waals surface area contributed by atoms with Crippen molar-refractivity contribution >= 4 is 23.2 Å². The maximum atomic E-state index is 6.37. The first-order valence-corrected chi connectivity index (χ1v) is 9.46. The van der Waals surface area contributed by atoms with E-state index >= 15 is 0 Å². The molecule has 0 spiro atoms. The van der Waals surface area contributed by atoms with E-state index in [4.69, 9.17) is 27.9 Å². The highest BCUT2D eigenvalue weighted by Gasteiger charge is 2.44. The number of ether oxygens (including phenoxy) is 1. The van der Waals surface area contributed by atoms with Crippen LogP contribution in [0, 0.1) is 0 Å². The van der Waals surface area contributed by atoms with Crippen molar-refractivity contribution in [1.29, 1.82) is 0 Å². The van der Waals surface area contributed by atoms with Crippen LogP contribution in [0.4, 0.5) is 0 Å². The van der Waals surface area contributed by atoms with Crippen molar-refractivity contribution in [3.8, 4) is 0 Å². The molecule has 2 aliphatic heterocycles. The van der Waals surface area contributed by atoms with E-state index in [1.54, 1.807) is 4.90 Å². The molecule has 4 atom stereocenters. The Bertz CT molecular complexity index is 720. The Morgan fingerprint density at radius 3 is 2.38 bits per heavy atom. The van der Waals surface area contributed by atoms with E-state index in [-0.39, 0.29) is 12.1 Å². The number of halogens is 2. The molecule has 126 valence electrons. The zero-order chi connectivity index (χ0) is 16.5. The summed E-state index contributed by atoms with van der Waals surface area (Å²) in [5.41, 5.74) is 2.41. The Balaban J connectivity index is 1.76. The average molecular weight is 363 g/mol. The Hall–Kier alpha value is -1.06. The highest BCUT2D eigenvalue weighted by atomic mass is 35.5. The second kappa shape index (κ2) is 7.05. The maximum absolute atomic E-state index is 6.37. The molecule has 2 aromatic carbocycles. The van der Waals surface area contributed by atoms with Crippen LogP contribution in [0.25, 0.3) is 0 Å². The summed E-state index contributed by atoms with van der Waals surface area (Å²) in [4.78, 5) is 1.64. The fraction of sp³-hybridized carbons (Fsp3) is 0.400. The lowest BCUT2D eigenvalue weighted by Gasteiger charge is -2.45. The first-order chi connectivity index (χ1) is 11.7. The van der Waals surface area contributed by atoms with Crippen LogP contribution in [0.5, 0.6) is 0 Å². The van der Waals surface area contributed by atoms with E-state index in [0.29, 0.717) is 6.04 Å². The summed E-state index contributed by atoms with van der Waals surface area (Å²) >= 11 is 12.5. The molecule has 0 amide bonds. The Morgan fingerprint density at radius 2 is 1.62 bits per heavy atom. The van der Waals surface area contributed by atoms with Gasteiger partial charge >= 0.3 is 0 Å². The molecule has 0 aromatic heterocycles. The fourth-order valence-corrected chi connectivity index (χ4v) is 4.68. The molecular formula is C20H22Cl2NO+. The highest BCUT2D eigenvalue weighted by Crippen LogP contribution is 2.35. The van der Waals surface area contributed by atoms with Gasteiger partial charge in [-0.15, -0.1) is 0 Å². The molecule has 2 aromatic rings. The van der Waals surface area contributed by atoms with E-state index in [0.717, 1.165) is 22.2 Å². The first-order valence-electron chi connectivity index (χ1n) is 8.70. The number of benzene rings is 2. The number of rotatable bonds is 2. The first kappa shape index (κ1) is 16.4. The topological polar surface area (TPSA) is 13.7 Å². The van der Waals surface area contributed by atoms with Gasteiger partial charge in [0.2, 0.25) is 0 Å². The molecular weight excluding hydrogens is 341 g/mol. The van der Waals surface area contributed by atoms with Crippen LogP contribution in [0.2, 0.25) is 10.0 Å². The number of nitrogens with one attached hydrogen (secondary N) is 1. The van der Waals surface area contributed by atoms with Gasteiger partial charge in [-0.3, -0.25) is 0 Å². The van der Waals surface area contributed by atoms with Crippen LogP contribution >= 0.6 is 23.2 Å². The van der Waals surface area contributed by atoms with Crippen LogP contribution < -0.4 is 4.90 Å². The average Bonchev–Trinajstić information content (AvgIpc) is 2.60. The SMILES string of the molecule is Clc1cccc(C2OCC3CCCC[NH+]3C2c2cccc(Cl)c2)c1. The molecule has 24 heavy (non-hydrogen) atoms. The monoisotopic (exact) mass is 362 g/mol. The second-order valence-electron chi connectivity index (χ2n) is 6.86. The van der Waals surface area contributed by atoms with E-state index in [1.165, 1.54) is 31.4 Å². The number of piperidine rings is 1. The third kappa shape index (κ3) is 3.21. The molecule has 0 aliphatic carbocycles. The van der Waals surface area contributed by atoms with Gasteiger partial charge in [-0.05, 0) is 42.7 Å². The molecule has 0 radical (unpaired) electrons. The minimum Gasteiger partial charge on any atom is -0.361 e. The molecule has 2 fully saturated rings. The van der Waals surface area contributed by atoms with Gasteiger partial charge in [0.05, 0.1) is 13.2 Å². The number of quaternary nitrogens is 1. The van der Waals surface area contributed by atoms with Crippen LogP contribution in [-0.2, 0) is 4.74 Å². The number of fused-ring (bicyclic) bond motifs is 1. The molecule has 4 rings (SSSR count). The quantitative estimate of drug-likeness (QED) is 0.843. The third-order valence-corrected chi connectivity index (χ3v) is 5.83. The van der Waals surface area contributed by atoms with Crippen molar-refractivity contribution in [3.05, 3.63) is 69.7 Å². The van der Waals surface area contributed by atoms with Crippen molar-refractivity contribution in [1.82, 2.24) is 0 Å². The molecule has 2 aliphatic rings. The predicted molar refractivity (Wildman–Crippen MR) is 97.8 cm³/mol. The minimum atomic E-state index is 0.0199. The standard InChI is InChI=1S/C20H21Cl2NO/c21-16-7-3-5-14(11-16)19-20(15-6-4-8-17(22)12-15)24-13-18-9-1-2-10-23(18)19/h3-8,11-12,18-20H,1-2,9-10,13H2/p+1. The smallest absolute Gasteiger partial charge is 0.144 e. The fourth-order valence-electron chi connectivity index (χ4n) is 4.28. The van der Waals surface area contributed by atoms with E-state index in [9.17, 15) is 0 Å². The summed E-state index contributed by atoms with van der Waals surface area (Å²) < 4.78 is 6.37. The number of morpholine rings is 1. The number of hydrogen-bond acceptors (Lipinski definition) is 1. The molecule has 2 nitrogen and oxygen atoms in total. The lowest BCUT2D eigenvalue weighted by molar-refractivity contribution is -0.974. The Kier molecular flexibility index (Phi) is 4.82. The van der Waals surface area contributed by atoms with Crippen LogP contribution in [0.15, 0.2) is 48.5 Å². The Labute approximate surface area is 153 Å². The molecule has 0 bridgehead atoms. The summed E-state index contributed by atoms with van der Waals surface area (Å²) in [6.07, 6.45) is 3.85. The van der Waals surface area contributed by atoms with Gasteiger partial charge < -0.3 is 9.64 Å². The minimum absolute atomic E-state index is 0.0199. The molecule has 4 heteroatoms.